The highest BCUT2D eigenvalue weighted by molar-refractivity contribution is 5.96. The van der Waals surface area contributed by atoms with E-state index in [0.29, 0.717) is 13.2 Å². The Morgan fingerprint density at radius 2 is 1.95 bits per heavy atom. The minimum Gasteiger partial charge on any atom is -0.494 e. The first-order valence-corrected chi connectivity index (χ1v) is 7.03. The molecule has 21 heavy (non-hydrogen) atoms. The maximum atomic E-state index is 11.9. The number of nitrogens with zero attached hydrogens (tertiary/aromatic N) is 1. The minimum atomic E-state index is -0.474. The highest BCUT2D eigenvalue weighted by atomic mass is 16.5. The Bertz CT molecular complexity index is 645. The van der Waals surface area contributed by atoms with E-state index < -0.39 is 5.97 Å². The van der Waals surface area contributed by atoms with Gasteiger partial charge in [-0.25, -0.2) is 0 Å². The van der Waals surface area contributed by atoms with Crippen LogP contribution < -0.4 is 4.74 Å². The van der Waals surface area contributed by atoms with Crippen LogP contribution in [0.5, 0.6) is 5.75 Å². The Labute approximate surface area is 123 Å². The van der Waals surface area contributed by atoms with Crippen molar-refractivity contribution in [1.29, 1.82) is 0 Å². The Morgan fingerprint density at radius 3 is 2.67 bits per heavy atom. The van der Waals surface area contributed by atoms with Crippen LogP contribution in [0.2, 0.25) is 0 Å². The van der Waals surface area contributed by atoms with Crippen molar-refractivity contribution in [3.05, 3.63) is 30.5 Å². The van der Waals surface area contributed by atoms with Crippen molar-refractivity contribution in [3.8, 4) is 5.75 Å². The van der Waals surface area contributed by atoms with Crippen LogP contribution in [0.4, 0.5) is 0 Å². The monoisotopic (exact) mass is 289 g/mol. The van der Waals surface area contributed by atoms with Gasteiger partial charge < -0.3 is 14.0 Å². The zero-order chi connectivity index (χ0) is 15.2. The van der Waals surface area contributed by atoms with Crippen LogP contribution in [0.15, 0.2) is 30.5 Å². The van der Waals surface area contributed by atoms with Gasteiger partial charge in [0.05, 0.1) is 19.8 Å². The van der Waals surface area contributed by atoms with Crippen molar-refractivity contribution in [1.82, 2.24) is 4.57 Å². The number of fused-ring (bicyclic) bond motifs is 1. The molecule has 1 heterocycles. The quantitative estimate of drug-likeness (QED) is 0.580. The number of ketones is 1. The van der Waals surface area contributed by atoms with Crippen molar-refractivity contribution in [3.63, 3.8) is 0 Å². The maximum Gasteiger partial charge on any atom is 0.313 e. The predicted octanol–water partition coefficient (Wildman–Crippen LogP) is 2.56. The number of hydrogen-bond acceptors (Lipinski definition) is 4. The predicted molar refractivity (Wildman–Crippen MR) is 79.4 cm³/mol. The van der Waals surface area contributed by atoms with Gasteiger partial charge in [-0.1, -0.05) is 0 Å². The Balaban J connectivity index is 2.08. The Hall–Kier alpha value is -2.30. The largest absolute Gasteiger partial charge is 0.494 e. The topological polar surface area (TPSA) is 57.5 Å². The molecule has 0 atom stereocenters. The van der Waals surface area contributed by atoms with Crippen LogP contribution >= 0.6 is 0 Å². The first-order chi connectivity index (χ1) is 10.1. The molecule has 0 unspecified atom stereocenters. The molecule has 5 nitrogen and oxygen atoms in total. The van der Waals surface area contributed by atoms with E-state index in [1.165, 1.54) is 0 Å². The number of hydrogen-bond donors (Lipinski definition) is 0. The summed E-state index contributed by atoms with van der Waals surface area (Å²) in [4.78, 5) is 23.2. The number of ether oxygens (including phenoxy) is 2. The molecule has 0 aliphatic carbocycles. The fraction of sp³-hybridized carbons (Fsp3) is 0.375. The number of carbonyl (C=O) groups excluding carboxylic acids is 2. The summed E-state index contributed by atoms with van der Waals surface area (Å²) >= 11 is 0. The van der Waals surface area contributed by atoms with Crippen LogP contribution in [-0.4, -0.2) is 29.5 Å². The molecule has 0 aliphatic heterocycles. The summed E-state index contributed by atoms with van der Waals surface area (Å²) < 4.78 is 12.0. The van der Waals surface area contributed by atoms with Gasteiger partial charge in [-0.2, -0.15) is 0 Å². The molecule has 0 bridgehead atoms. The van der Waals surface area contributed by atoms with Gasteiger partial charge in [0.25, 0.3) is 0 Å². The summed E-state index contributed by atoms with van der Waals surface area (Å²) in [5.41, 5.74) is 0.940. The third kappa shape index (κ3) is 3.84. The number of benzene rings is 1. The van der Waals surface area contributed by atoms with Gasteiger partial charge in [0.15, 0.2) is 5.78 Å². The van der Waals surface area contributed by atoms with E-state index in [4.69, 9.17) is 9.47 Å². The lowest BCUT2D eigenvalue weighted by atomic mass is 10.2. The zero-order valence-corrected chi connectivity index (χ0v) is 12.3. The van der Waals surface area contributed by atoms with Crippen molar-refractivity contribution < 1.29 is 19.1 Å². The van der Waals surface area contributed by atoms with Gasteiger partial charge in [-0.3, -0.25) is 9.59 Å². The molecular weight excluding hydrogens is 270 g/mol. The van der Waals surface area contributed by atoms with Crippen molar-refractivity contribution in [2.75, 3.05) is 13.2 Å². The molecule has 5 heteroatoms. The molecule has 0 aliphatic rings. The van der Waals surface area contributed by atoms with Crippen molar-refractivity contribution in [2.45, 2.75) is 26.8 Å². The number of rotatable bonds is 7. The number of carbonyl (C=O) groups is 2. The average molecular weight is 289 g/mol. The summed E-state index contributed by atoms with van der Waals surface area (Å²) in [6.45, 7) is 4.72. The molecule has 112 valence electrons. The molecule has 0 fully saturated rings. The minimum absolute atomic E-state index is 0.163. The molecule has 0 N–H and O–H groups in total. The van der Waals surface area contributed by atoms with E-state index in [0.717, 1.165) is 16.7 Å². The smallest absolute Gasteiger partial charge is 0.313 e. The summed E-state index contributed by atoms with van der Waals surface area (Å²) in [5.74, 6) is 0.165. The van der Waals surface area contributed by atoms with E-state index in [2.05, 4.69) is 0 Å². The van der Waals surface area contributed by atoms with E-state index >= 15 is 0 Å². The molecule has 0 spiro atoms. The van der Waals surface area contributed by atoms with Gasteiger partial charge in [-0.05, 0) is 38.1 Å². The van der Waals surface area contributed by atoms with Gasteiger partial charge >= 0.3 is 5.97 Å². The number of aromatic nitrogens is 1. The van der Waals surface area contributed by atoms with E-state index in [1.54, 1.807) is 6.92 Å². The second-order valence-electron chi connectivity index (χ2n) is 4.62. The third-order valence-corrected chi connectivity index (χ3v) is 3.05. The first kappa shape index (κ1) is 15.1. The zero-order valence-electron chi connectivity index (χ0n) is 12.3. The lowest BCUT2D eigenvalue weighted by Gasteiger charge is -2.06. The molecule has 1 aromatic carbocycles. The standard InChI is InChI=1S/C16H19NO4/c1-3-20-14-5-6-15-12(9-14)7-8-17(15)11-13(18)10-16(19)21-4-2/h5-9H,3-4,10-11H2,1-2H3. The van der Waals surface area contributed by atoms with Gasteiger partial charge in [0.1, 0.15) is 12.2 Å². The molecule has 0 amide bonds. The van der Waals surface area contributed by atoms with Crippen LogP contribution in [-0.2, 0) is 20.9 Å². The van der Waals surface area contributed by atoms with Crippen molar-refractivity contribution in [2.24, 2.45) is 0 Å². The molecular formula is C16H19NO4. The van der Waals surface area contributed by atoms with Crippen LogP contribution in [0.3, 0.4) is 0 Å². The normalized spacial score (nSPS) is 10.6. The molecule has 0 saturated heterocycles. The van der Waals surface area contributed by atoms with Crippen LogP contribution in [0.25, 0.3) is 10.9 Å². The molecule has 1 aromatic heterocycles. The number of Topliss-reactive ketones (excluding diaryl/α,β-unsaturated/α-hetero) is 1. The highest BCUT2D eigenvalue weighted by Gasteiger charge is 2.12. The molecule has 0 saturated carbocycles. The first-order valence-electron chi connectivity index (χ1n) is 7.03. The summed E-state index contributed by atoms with van der Waals surface area (Å²) in [6, 6.07) is 7.65. The number of esters is 1. The van der Waals surface area contributed by atoms with Crippen molar-refractivity contribution >= 4 is 22.7 Å². The molecule has 0 radical (unpaired) electrons. The fourth-order valence-electron chi connectivity index (χ4n) is 2.19. The Kier molecular flexibility index (Phi) is 4.98. The summed E-state index contributed by atoms with van der Waals surface area (Å²) in [5, 5.41) is 1.00. The summed E-state index contributed by atoms with van der Waals surface area (Å²) in [6.07, 6.45) is 1.65. The molecule has 2 rings (SSSR count). The highest BCUT2D eigenvalue weighted by Crippen LogP contribution is 2.22. The lowest BCUT2D eigenvalue weighted by molar-refractivity contribution is -0.145. The van der Waals surface area contributed by atoms with E-state index in [9.17, 15) is 9.59 Å². The Morgan fingerprint density at radius 1 is 1.14 bits per heavy atom. The fourth-order valence-corrected chi connectivity index (χ4v) is 2.19. The molecule has 2 aromatic rings. The second kappa shape index (κ2) is 6.92. The van der Waals surface area contributed by atoms with Crippen LogP contribution in [0.1, 0.15) is 20.3 Å². The van der Waals surface area contributed by atoms with Gasteiger partial charge in [0.2, 0.25) is 0 Å². The third-order valence-electron chi connectivity index (χ3n) is 3.05. The van der Waals surface area contributed by atoms with Gasteiger partial charge in [0, 0.05) is 17.1 Å². The lowest BCUT2D eigenvalue weighted by Crippen LogP contribution is -2.15. The van der Waals surface area contributed by atoms with Crippen LogP contribution in [0, 0.1) is 0 Å². The van der Waals surface area contributed by atoms with E-state index in [-0.39, 0.29) is 18.7 Å². The second-order valence-corrected chi connectivity index (χ2v) is 4.62. The SMILES string of the molecule is CCOC(=O)CC(=O)Cn1ccc2cc(OCC)ccc21. The average Bonchev–Trinajstić information content (AvgIpc) is 2.81. The summed E-state index contributed by atoms with van der Waals surface area (Å²) in [7, 11) is 0. The van der Waals surface area contributed by atoms with E-state index in [1.807, 2.05) is 42.0 Å². The van der Waals surface area contributed by atoms with Gasteiger partial charge in [-0.15, -0.1) is 0 Å². The maximum absolute atomic E-state index is 11.9.